The van der Waals surface area contributed by atoms with Crippen molar-refractivity contribution in [1.29, 1.82) is 0 Å². The molecule has 2 amide bonds. The molecule has 29 heavy (non-hydrogen) atoms. The van der Waals surface area contributed by atoms with Crippen LogP contribution in [0.3, 0.4) is 0 Å². The van der Waals surface area contributed by atoms with Gasteiger partial charge in [0.2, 0.25) is 11.8 Å². The van der Waals surface area contributed by atoms with Crippen molar-refractivity contribution in [3.63, 3.8) is 0 Å². The highest BCUT2D eigenvalue weighted by Crippen LogP contribution is 2.20. The van der Waals surface area contributed by atoms with Gasteiger partial charge in [0.15, 0.2) is 0 Å². The molecule has 5 heteroatoms. The summed E-state index contributed by atoms with van der Waals surface area (Å²) in [5.41, 5.74) is 2.91. The van der Waals surface area contributed by atoms with Crippen LogP contribution in [-0.4, -0.2) is 29.3 Å². The maximum absolute atomic E-state index is 13.3. The van der Waals surface area contributed by atoms with Crippen LogP contribution in [0.5, 0.6) is 0 Å². The molecule has 2 aromatic rings. The Balaban J connectivity index is 2.27. The molecule has 0 saturated heterocycles. The van der Waals surface area contributed by atoms with Gasteiger partial charge in [-0.3, -0.25) is 9.59 Å². The van der Waals surface area contributed by atoms with Crippen LogP contribution in [0.2, 0.25) is 5.02 Å². The maximum Gasteiger partial charge on any atom is 0.242 e. The molecule has 0 radical (unpaired) electrons. The molecular weight excluding hydrogens is 384 g/mol. The average molecular weight is 415 g/mol. The van der Waals surface area contributed by atoms with E-state index in [0.29, 0.717) is 30.5 Å². The largest absolute Gasteiger partial charge is 0.354 e. The highest BCUT2D eigenvalue weighted by molar-refractivity contribution is 6.31. The molecule has 0 aromatic heterocycles. The number of nitrogens with one attached hydrogen (secondary N) is 1. The lowest BCUT2D eigenvalue weighted by Crippen LogP contribution is -2.50. The molecule has 1 N–H and O–H groups in total. The Kier molecular flexibility index (Phi) is 8.71. The molecule has 0 fully saturated rings. The second-order valence-corrected chi connectivity index (χ2v) is 8.25. The number of benzene rings is 2. The standard InChI is InChI=1S/C24H31ClN2O2/c1-5-22(24(29)26-15-17(2)3)27(16-20-8-6-7-9-21(20)25)23(28)14-19-12-10-18(4)11-13-19/h6-13,17,22H,5,14-16H2,1-4H3,(H,26,29)/t22-/m1/s1. The van der Waals surface area contributed by atoms with Crippen LogP contribution in [0, 0.1) is 12.8 Å². The van der Waals surface area contributed by atoms with Crippen LogP contribution >= 0.6 is 11.6 Å². The van der Waals surface area contributed by atoms with Crippen LogP contribution in [-0.2, 0) is 22.6 Å². The fourth-order valence-electron chi connectivity index (χ4n) is 3.13. The van der Waals surface area contributed by atoms with Crippen molar-refractivity contribution < 1.29 is 9.59 Å². The van der Waals surface area contributed by atoms with E-state index in [2.05, 4.69) is 5.32 Å². The van der Waals surface area contributed by atoms with Gasteiger partial charge in [-0.05, 0) is 36.5 Å². The summed E-state index contributed by atoms with van der Waals surface area (Å²) in [6.07, 6.45) is 0.784. The predicted octanol–water partition coefficient (Wildman–Crippen LogP) is 4.77. The normalized spacial score (nSPS) is 11.9. The van der Waals surface area contributed by atoms with Crippen molar-refractivity contribution in [2.45, 2.75) is 53.1 Å². The average Bonchev–Trinajstić information content (AvgIpc) is 2.69. The zero-order chi connectivity index (χ0) is 21.4. The van der Waals surface area contributed by atoms with Crippen molar-refractivity contribution in [1.82, 2.24) is 10.2 Å². The molecule has 156 valence electrons. The SMILES string of the molecule is CC[C@H](C(=O)NCC(C)C)N(Cc1ccccc1Cl)C(=O)Cc1ccc(C)cc1. The third kappa shape index (κ3) is 6.90. The third-order valence-electron chi connectivity index (χ3n) is 4.84. The Hall–Kier alpha value is -2.33. The number of hydrogen-bond donors (Lipinski definition) is 1. The summed E-state index contributed by atoms with van der Waals surface area (Å²) in [6, 6.07) is 14.8. The number of carbonyl (C=O) groups is 2. The zero-order valence-corrected chi connectivity index (χ0v) is 18.5. The lowest BCUT2D eigenvalue weighted by atomic mass is 10.1. The van der Waals surface area contributed by atoms with Crippen molar-refractivity contribution in [3.05, 3.63) is 70.2 Å². The van der Waals surface area contributed by atoms with Crippen LogP contribution in [0.25, 0.3) is 0 Å². The zero-order valence-electron chi connectivity index (χ0n) is 17.7. The molecular formula is C24H31ClN2O2. The molecule has 0 spiro atoms. The lowest BCUT2D eigenvalue weighted by molar-refractivity contribution is -0.141. The second-order valence-electron chi connectivity index (χ2n) is 7.84. The molecule has 0 bridgehead atoms. The smallest absolute Gasteiger partial charge is 0.242 e. The van der Waals surface area contributed by atoms with Gasteiger partial charge in [-0.2, -0.15) is 0 Å². The quantitative estimate of drug-likeness (QED) is 0.642. The summed E-state index contributed by atoms with van der Waals surface area (Å²) in [5, 5.41) is 3.57. The molecule has 4 nitrogen and oxygen atoms in total. The first kappa shape index (κ1) is 23.0. The number of aryl methyl sites for hydroxylation is 1. The van der Waals surface area contributed by atoms with Gasteiger partial charge in [0.1, 0.15) is 6.04 Å². The molecule has 0 aliphatic heterocycles. The molecule has 2 aromatic carbocycles. The minimum atomic E-state index is -0.539. The van der Waals surface area contributed by atoms with Gasteiger partial charge in [0.05, 0.1) is 6.42 Å². The van der Waals surface area contributed by atoms with Gasteiger partial charge in [0.25, 0.3) is 0 Å². The van der Waals surface area contributed by atoms with Crippen LogP contribution in [0.1, 0.15) is 43.9 Å². The van der Waals surface area contributed by atoms with E-state index < -0.39 is 6.04 Å². The van der Waals surface area contributed by atoms with Gasteiger partial charge in [-0.1, -0.05) is 80.4 Å². The molecule has 0 heterocycles. The fraction of sp³-hybridized carbons (Fsp3) is 0.417. The van der Waals surface area contributed by atoms with E-state index in [0.717, 1.165) is 16.7 Å². The first-order chi connectivity index (χ1) is 13.8. The van der Waals surface area contributed by atoms with Gasteiger partial charge in [-0.25, -0.2) is 0 Å². The number of nitrogens with zero attached hydrogens (tertiary/aromatic N) is 1. The monoisotopic (exact) mass is 414 g/mol. The van der Waals surface area contributed by atoms with E-state index in [4.69, 9.17) is 11.6 Å². The summed E-state index contributed by atoms with van der Waals surface area (Å²) in [4.78, 5) is 27.8. The van der Waals surface area contributed by atoms with Gasteiger partial charge in [-0.15, -0.1) is 0 Å². The number of rotatable bonds is 9. The highest BCUT2D eigenvalue weighted by atomic mass is 35.5. The summed E-state index contributed by atoms with van der Waals surface area (Å²) in [6.45, 7) is 8.93. The molecule has 0 unspecified atom stereocenters. The third-order valence-corrected chi connectivity index (χ3v) is 5.21. The molecule has 0 saturated carbocycles. The molecule has 0 aliphatic rings. The second kappa shape index (κ2) is 11.0. The molecule has 1 atom stereocenters. The Morgan fingerprint density at radius 2 is 1.72 bits per heavy atom. The van der Waals surface area contributed by atoms with E-state index in [1.807, 2.05) is 70.2 Å². The van der Waals surface area contributed by atoms with Crippen molar-refractivity contribution in [3.8, 4) is 0 Å². The first-order valence-corrected chi connectivity index (χ1v) is 10.6. The first-order valence-electron chi connectivity index (χ1n) is 10.2. The summed E-state index contributed by atoms with van der Waals surface area (Å²) < 4.78 is 0. The maximum atomic E-state index is 13.3. The lowest BCUT2D eigenvalue weighted by Gasteiger charge is -2.31. The van der Waals surface area contributed by atoms with E-state index in [9.17, 15) is 9.59 Å². The van der Waals surface area contributed by atoms with Gasteiger partial charge in [0, 0.05) is 18.1 Å². The molecule has 0 aliphatic carbocycles. The number of carbonyl (C=O) groups excluding carboxylic acids is 2. The van der Waals surface area contributed by atoms with Crippen molar-refractivity contribution in [2.75, 3.05) is 6.54 Å². The minimum Gasteiger partial charge on any atom is -0.354 e. The van der Waals surface area contributed by atoms with E-state index in [-0.39, 0.29) is 18.2 Å². The minimum absolute atomic E-state index is 0.0830. The summed E-state index contributed by atoms with van der Waals surface area (Å²) in [5.74, 6) is 0.141. The van der Waals surface area contributed by atoms with E-state index in [1.165, 1.54) is 0 Å². The molecule has 2 rings (SSSR count). The van der Waals surface area contributed by atoms with Crippen molar-refractivity contribution >= 4 is 23.4 Å². The Bertz CT molecular complexity index is 818. The summed E-state index contributed by atoms with van der Waals surface area (Å²) in [7, 11) is 0. The van der Waals surface area contributed by atoms with Gasteiger partial charge < -0.3 is 10.2 Å². The Morgan fingerprint density at radius 3 is 2.31 bits per heavy atom. The highest BCUT2D eigenvalue weighted by Gasteiger charge is 2.29. The van der Waals surface area contributed by atoms with Crippen LogP contribution in [0.15, 0.2) is 48.5 Å². The van der Waals surface area contributed by atoms with E-state index in [1.54, 1.807) is 11.0 Å². The number of amides is 2. The van der Waals surface area contributed by atoms with E-state index >= 15 is 0 Å². The predicted molar refractivity (Wildman–Crippen MR) is 119 cm³/mol. The van der Waals surface area contributed by atoms with Crippen LogP contribution in [0.4, 0.5) is 0 Å². The fourth-order valence-corrected chi connectivity index (χ4v) is 3.33. The Labute approximate surface area is 179 Å². The number of halogens is 1. The van der Waals surface area contributed by atoms with Crippen LogP contribution < -0.4 is 5.32 Å². The summed E-state index contributed by atoms with van der Waals surface area (Å²) >= 11 is 6.34. The topological polar surface area (TPSA) is 49.4 Å². The Morgan fingerprint density at radius 1 is 1.07 bits per heavy atom. The van der Waals surface area contributed by atoms with Gasteiger partial charge >= 0.3 is 0 Å². The van der Waals surface area contributed by atoms with Crippen molar-refractivity contribution in [2.24, 2.45) is 5.92 Å². The number of hydrogen-bond acceptors (Lipinski definition) is 2.